The van der Waals surface area contributed by atoms with Crippen molar-refractivity contribution in [2.45, 2.75) is 12.8 Å². The second-order valence-corrected chi connectivity index (χ2v) is 6.72. The van der Waals surface area contributed by atoms with Gasteiger partial charge in [-0.05, 0) is 25.3 Å². The molecule has 6 heteroatoms. The van der Waals surface area contributed by atoms with Crippen LogP contribution in [0.15, 0.2) is 0 Å². The van der Waals surface area contributed by atoms with Crippen molar-refractivity contribution >= 4 is 15.8 Å². The molecule has 0 aromatic heterocycles. The minimum Gasteiger partial charge on any atom is -0.481 e. The first-order valence-electron chi connectivity index (χ1n) is 5.11. The molecule has 86 valence electrons. The van der Waals surface area contributed by atoms with Crippen molar-refractivity contribution in [1.29, 1.82) is 0 Å². The van der Waals surface area contributed by atoms with E-state index >= 15 is 0 Å². The maximum atomic E-state index is 11.3. The van der Waals surface area contributed by atoms with E-state index in [-0.39, 0.29) is 17.4 Å². The van der Waals surface area contributed by atoms with Gasteiger partial charge < -0.3 is 10.4 Å². The summed E-state index contributed by atoms with van der Waals surface area (Å²) in [5.74, 6) is -0.877. The highest BCUT2D eigenvalue weighted by Crippen LogP contribution is 2.40. The molecule has 0 amide bonds. The molecule has 2 saturated heterocycles. The summed E-state index contributed by atoms with van der Waals surface area (Å²) >= 11 is 0. The van der Waals surface area contributed by atoms with E-state index < -0.39 is 21.2 Å². The third-order valence-electron chi connectivity index (χ3n) is 3.63. The molecule has 2 aliphatic heterocycles. The lowest BCUT2D eigenvalue weighted by molar-refractivity contribution is -0.150. The molecule has 5 nitrogen and oxygen atoms in total. The molecule has 2 rings (SSSR count). The van der Waals surface area contributed by atoms with Crippen LogP contribution in [0.4, 0.5) is 0 Å². The number of rotatable bonds is 2. The Morgan fingerprint density at radius 2 is 2.20 bits per heavy atom. The van der Waals surface area contributed by atoms with E-state index in [1.165, 1.54) is 0 Å². The average molecular weight is 233 g/mol. The lowest BCUT2D eigenvalue weighted by Gasteiger charge is -2.28. The summed E-state index contributed by atoms with van der Waals surface area (Å²) < 4.78 is 22.7. The van der Waals surface area contributed by atoms with E-state index in [4.69, 9.17) is 0 Å². The Balaban J connectivity index is 2.24. The monoisotopic (exact) mass is 233 g/mol. The number of carboxylic acid groups (broad SMARTS) is 1. The van der Waals surface area contributed by atoms with Crippen LogP contribution in [0.3, 0.4) is 0 Å². The zero-order valence-corrected chi connectivity index (χ0v) is 9.22. The third-order valence-corrected chi connectivity index (χ3v) is 5.40. The first kappa shape index (κ1) is 10.9. The molecule has 2 N–H and O–H groups in total. The highest BCUT2D eigenvalue weighted by Gasteiger charge is 2.51. The van der Waals surface area contributed by atoms with Gasteiger partial charge in [0.15, 0.2) is 9.84 Å². The second kappa shape index (κ2) is 3.45. The first-order chi connectivity index (χ1) is 6.96. The Labute approximate surface area is 88.8 Å². The standard InChI is InChI=1S/C9H15NO4S/c11-8(12)9(2-3-10-6-9)7-1-4-15(13,14)5-7/h7,10H,1-6H2,(H,11,12). The van der Waals surface area contributed by atoms with Crippen LogP contribution in [-0.4, -0.2) is 44.1 Å². The van der Waals surface area contributed by atoms with Gasteiger partial charge >= 0.3 is 5.97 Å². The van der Waals surface area contributed by atoms with E-state index in [9.17, 15) is 18.3 Å². The highest BCUT2D eigenvalue weighted by atomic mass is 32.2. The fraction of sp³-hybridized carbons (Fsp3) is 0.889. The molecule has 2 unspecified atom stereocenters. The maximum absolute atomic E-state index is 11.3. The Hall–Kier alpha value is -0.620. The lowest BCUT2D eigenvalue weighted by Crippen LogP contribution is -2.41. The molecule has 2 fully saturated rings. The van der Waals surface area contributed by atoms with Crippen molar-refractivity contribution < 1.29 is 18.3 Å². The largest absolute Gasteiger partial charge is 0.481 e. The Morgan fingerprint density at radius 3 is 2.60 bits per heavy atom. The number of carbonyl (C=O) groups is 1. The minimum absolute atomic E-state index is 0.0426. The first-order valence-corrected chi connectivity index (χ1v) is 6.93. The zero-order valence-electron chi connectivity index (χ0n) is 8.40. The lowest BCUT2D eigenvalue weighted by atomic mass is 9.74. The Morgan fingerprint density at radius 1 is 1.47 bits per heavy atom. The quantitative estimate of drug-likeness (QED) is 0.671. The molecule has 0 saturated carbocycles. The van der Waals surface area contributed by atoms with Crippen molar-refractivity contribution in [1.82, 2.24) is 5.32 Å². The molecule has 2 heterocycles. The number of hydrogen-bond donors (Lipinski definition) is 2. The van der Waals surface area contributed by atoms with Crippen LogP contribution in [0.25, 0.3) is 0 Å². The van der Waals surface area contributed by atoms with Gasteiger partial charge in [-0.1, -0.05) is 0 Å². The van der Waals surface area contributed by atoms with Gasteiger partial charge in [0, 0.05) is 6.54 Å². The second-order valence-electron chi connectivity index (χ2n) is 4.49. The summed E-state index contributed by atoms with van der Waals surface area (Å²) in [5, 5.41) is 12.3. The summed E-state index contributed by atoms with van der Waals surface area (Å²) in [5.41, 5.74) is -0.844. The van der Waals surface area contributed by atoms with Crippen LogP contribution in [0.1, 0.15) is 12.8 Å². The number of hydrogen-bond acceptors (Lipinski definition) is 4. The van der Waals surface area contributed by atoms with Crippen molar-refractivity contribution in [3.63, 3.8) is 0 Å². The Bertz CT molecular complexity index is 370. The third kappa shape index (κ3) is 1.76. The average Bonchev–Trinajstić information content (AvgIpc) is 2.71. The number of aliphatic carboxylic acids is 1. The van der Waals surface area contributed by atoms with Gasteiger partial charge in [0.1, 0.15) is 0 Å². The summed E-state index contributed by atoms with van der Waals surface area (Å²) in [7, 11) is -3.00. The van der Waals surface area contributed by atoms with Crippen LogP contribution in [-0.2, 0) is 14.6 Å². The van der Waals surface area contributed by atoms with E-state index in [1.807, 2.05) is 0 Å². The van der Waals surface area contributed by atoms with Gasteiger partial charge in [0.25, 0.3) is 0 Å². The topological polar surface area (TPSA) is 83.5 Å². The van der Waals surface area contributed by atoms with Gasteiger partial charge in [-0.3, -0.25) is 4.79 Å². The van der Waals surface area contributed by atoms with Crippen molar-refractivity contribution in [3.8, 4) is 0 Å². The van der Waals surface area contributed by atoms with E-state index in [0.717, 1.165) is 0 Å². The molecule has 0 aromatic rings. The molecule has 0 aliphatic carbocycles. The SMILES string of the molecule is O=C(O)C1(C2CCS(=O)(=O)C2)CCNC1. The molecule has 15 heavy (non-hydrogen) atoms. The van der Waals surface area contributed by atoms with Gasteiger partial charge in [-0.25, -0.2) is 8.42 Å². The molecule has 2 aliphatic rings. The van der Waals surface area contributed by atoms with Gasteiger partial charge in [0.2, 0.25) is 0 Å². The molecule has 0 bridgehead atoms. The van der Waals surface area contributed by atoms with E-state index in [2.05, 4.69) is 5.32 Å². The summed E-state index contributed by atoms with van der Waals surface area (Å²) in [6.07, 6.45) is 1.04. The number of sulfone groups is 1. The smallest absolute Gasteiger partial charge is 0.311 e. The van der Waals surface area contributed by atoms with Gasteiger partial charge in [-0.2, -0.15) is 0 Å². The predicted octanol–water partition coefficient (Wildman–Crippen LogP) is -0.515. The van der Waals surface area contributed by atoms with Crippen molar-refractivity contribution in [2.75, 3.05) is 24.6 Å². The molecule has 2 atom stereocenters. The van der Waals surface area contributed by atoms with Crippen LogP contribution in [0.2, 0.25) is 0 Å². The minimum atomic E-state index is -3.00. The van der Waals surface area contributed by atoms with E-state index in [0.29, 0.717) is 25.9 Å². The molecular formula is C9H15NO4S. The molecule has 0 radical (unpaired) electrons. The number of carboxylic acids is 1. The van der Waals surface area contributed by atoms with E-state index in [1.54, 1.807) is 0 Å². The Kier molecular flexibility index (Phi) is 2.50. The maximum Gasteiger partial charge on any atom is 0.311 e. The van der Waals surface area contributed by atoms with Crippen LogP contribution in [0.5, 0.6) is 0 Å². The zero-order chi connectivity index (χ0) is 11.1. The van der Waals surface area contributed by atoms with Crippen LogP contribution < -0.4 is 5.32 Å². The predicted molar refractivity (Wildman–Crippen MR) is 54.3 cm³/mol. The summed E-state index contributed by atoms with van der Waals surface area (Å²) in [6, 6.07) is 0. The van der Waals surface area contributed by atoms with Gasteiger partial charge in [-0.15, -0.1) is 0 Å². The molecular weight excluding hydrogens is 218 g/mol. The summed E-state index contributed by atoms with van der Waals surface area (Å²) in [4.78, 5) is 11.3. The molecule has 0 spiro atoms. The van der Waals surface area contributed by atoms with Crippen molar-refractivity contribution in [2.24, 2.45) is 11.3 Å². The van der Waals surface area contributed by atoms with Crippen LogP contribution in [0, 0.1) is 11.3 Å². The highest BCUT2D eigenvalue weighted by molar-refractivity contribution is 7.91. The number of nitrogens with one attached hydrogen (secondary N) is 1. The summed E-state index contributed by atoms with van der Waals surface area (Å²) in [6.45, 7) is 1.07. The van der Waals surface area contributed by atoms with Gasteiger partial charge in [0.05, 0.1) is 16.9 Å². The van der Waals surface area contributed by atoms with Crippen LogP contribution >= 0.6 is 0 Å². The fourth-order valence-corrected chi connectivity index (χ4v) is 4.56. The molecule has 0 aromatic carbocycles. The fourth-order valence-electron chi connectivity index (χ4n) is 2.65. The normalized spacial score (nSPS) is 39.3. The van der Waals surface area contributed by atoms with Crippen molar-refractivity contribution in [3.05, 3.63) is 0 Å².